The number of benzene rings is 1. The third-order valence-corrected chi connectivity index (χ3v) is 3.39. The van der Waals surface area contributed by atoms with Gasteiger partial charge >= 0.3 is 5.97 Å². The van der Waals surface area contributed by atoms with E-state index in [-0.39, 0.29) is 5.97 Å². The molecule has 0 spiro atoms. The molecule has 3 nitrogen and oxygen atoms in total. The number of ether oxygens (including phenoxy) is 1. The van der Waals surface area contributed by atoms with Crippen molar-refractivity contribution in [2.45, 2.75) is 19.9 Å². The van der Waals surface area contributed by atoms with Gasteiger partial charge in [0.15, 0.2) is 0 Å². The maximum Gasteiger partial charge on any atom is 0.338 e. The zero-order valence-electron chi connectivity index (χ0n) is 10.0. The minimum atomic E-state index is -0.282. The maximum atomic E-state index is 11.7. The molecule has 0 bridgehead atoms. The van der Waals surface area contributed by atoms with E-state index in [0.717, 1.165) is 14.5 Å². The second kappa shape index (κ2) is 4.68. The van der Waals surface area contributed by atoms with E-state index in [0.29, 0.717) is 11.6 Å². The summed E-state index contributed by atoms with van der Waals surface area (Å²) in [4.78, 5) is 11.7. The molecule has 0 fully saturated rings. The van der Waals surface area contributed by atoms with Crippen LogP contribution in [0.5, 0.6) is 0 Å². The fourth-order valence-corrected chi connectivity index (χ4v) is 2.56. The van der Waals surface area contributed by atoms with E-state index in [1.807, 2.05) is 18.3 Å². The Morgan fingerprint density at radius 1 is 1.41 bits per heavy atom. The van der Waals surface area contributed by atoms with E-state index in [1.54, 1.807) is 0 Å². The SMILES string of the molecule is COC(=O)c1cc(I)cc2c1ccn2C(C)C. The number of nitrogens with zero attached hydrogens (tertiary/aromatic N) is 1. The highest BCUT2D eigenvalue weighted by Crippen LogP contribution is 2.26. The normalized spacial score (nSPS) is 11.1. The molecule has 0 saturated heterocycles. The molecule has 1 aromatic carbocycles. The lowest BCUT2D eigenvalue weighted by Crippen LogP contribution is -2.03. The van der Waals surface area contributed by atoms with E-state index in [2.05, 4.69) is 47.1 Å². The van der Waals surface area contributed by atoms with Crippen molar-refractivity contribution in [3.63, 3.8) is 0 Å². The Bertz CT molecular complexity index is 572. The lowest BCUT2D eigenvalue weighted by atomic mass is 10.1. The van der Waals surface area contributed by atoms with Crippen LogP contribution in [0.4, 0.5) is 0 Å². The van der Waals surface area contributed by atoms with Crippen molar-refractivity contribution in [2.75, 3.05) is 7.11 Å². The van der Waals surface area contributed by atoms with Gasteiger partial charge in [-0.2, -0.15) is 0 Å². The molecule has 2 rings (SSSR count). The van der Waals surface area contributed by atoms with Crippen LogP contribution in [0.25, 0.3) is 10.9 Å². The molecule has 2 aromatic rings. The summed E-state index contributed by atoms with van der Waals surface area (Å²) in [6.45, 7) is 4.24. The fourth-order valence-electron chi connectivity index (χ4n) is 1.96. The topological polar surface area (TPSA) is 31.2 Å². The first-order valence-corrected chi connectivity index (χ1v) is 6.51. The number of halogens is 1. The van der Waals surface area contributed by atoms with Crippen molar-refractivity contribution in [2.24, 2.45) is 0 Å². The highest BCUT2D eigenvalue weighted by molar-refractivity contribution is 14.1. The molecule has 1 heterocycles. The highest BCUT2D eigenvalue weighted by atomic mass is 127. The Labute approximate surface area is 114 Å². The van der Waals surface area contributed by atoms with Gasteiger partial charge in [-0.05, 0) is 54.6 Å². The van der Waals surface area contributed by atoms with E-state index in [1.165, 1.54) is 7.11 Å². The van der Waals surface area contributed by atoms with Gasteiger partial charge in [-0.25, -0.2) is 4.79 Å². The Hall–Kier alpha value is -1.04. The smallest absolute Gasteiger partial charge is 0.338 e. The molecule has 0 saturated carbocycles. The van der Waals surface area contributed by atoms with Crippen molar-refractivity contribution >= 4 is 39.5 Å². The van der Waals surface area contributed by atoms with E-state index in [9.17, 15) is 4.79 Å². The van der Waals surface area contributed by atoms with Gasteiger partial charge in [-0.15, -0.1) is 0 Å². The van der Waals surface area contributed by atoms with Gasteiger partial charge in [0.2, 0.25) is 0 Å². The van der Waals surface area contributed by atoms with Crippen LogP contribution in [0.3, 0.4) is 0 Å². The number of methoxy groups -OCH3 is 1. The Morgan fingerprint density at radius 2 is 2.12 bits per heavy atom. The second-order valence-corrected chi connectivity index (χ2v) is 5.44. The minimum Gasteiger partial charge on any atom is -0.465 e. The van der Waals surface area contributed by atoms with E-state index >= 15 is 0 Å². The monoisotopic (exact) mass is 343 g/mol. The summed E-state index contributed by atoms with van der Waals surface area (Å²) in [5.41, 5.74) is 1.71. The van der Waals surface area contributed by atoms with Gasteiger partial charge in [-0.3, -0.25) is 0 Å². The molecule has 0 N–H and O–H groups in total. The standard InChI is InChI=1S/C13H14INO2/c1-8(2)15-5-4-10-11(13(16)17-3)6-9(14)7-12(10)15/h4-8H,1-3H3. The van der Waals surface area contributed by atoms with Crippen LogP contribution < -0.4 is 0 Å². The lowest BCUT2D eigenvalue weighted by molar-refractivity contribution is 0.0603. The van der Waals surface area contributed by atoms with Crippen LogP contribution >= 0.6 is 22.6 Å². The summed E-state index contributed by atoms with van der Waals surface area (Å²) in [6.07, 6.45) is 2.01. The average Bonchev–Trinajstić information content (AvgIpc) is 2.70. The van der Waals surface area contributed by atoms with Crippen molar-refractivity contribution in [3.05, 3.63) is 33.5 Å². The zero-order chi connectivity index (χ0) is 12.6. The molecule has 0 aliphatic rings. The number of fused-ring (bicyclic) bond motifs is 1. The van der Waals surface area contributed by atoms with Gasteiger partial charge in [-0.1, -0.05) is 0 Å². The molecule has 4 heteroatoms. The molecule has 0 aliphatic heterocycles. The molecule has 17 heavy (non-hydrogen) atoms. The number of esters is 1. The number of hydrogen-bond donors (Lipinski definition) is 0. The summed E-state index contributed by atoms with van der Waals surface area (Å²) in [7, 11) is 1.41. The first kappa shape index (κ1) is 12.4. The summed E-state index contributed by atoms with van der Waals surface area (Å²) < 4.78 is 8.01. The van der Waals surface area contributed by atoms with Crippen molar-refractivity contribution < 1.29 is 9.53 Å². The summed E-state index contributed by atoms with van der Waals surface area (Å²) >= 11 is 2.22. The third kappa shape index (κ3) is 2.18. The van der Waals surface area contributed by atoms with Crippen LogP contribution in [0.15, 0.2) is 24.4 Å². The predicted molar refractivity (Wildman–Crippen MR) is 76.4 cm³/mol. The number of aromatic nitrogens is 1. The van der Waals surface area contributed by atoms with Crippen LogP contribution in [0, 0.1) is 3.57 Å². The lowest BCUT2D eigenvalue weighted by Gasteiger charge is -2.10. The molecule has 0 atom stereocenters. The molecular weight excluding hydrogens is 329 g/mol. The molecule has 0 radical (unpaired) electrons. The average molecular weight is 343 g/mol. The molecule has 90 valence electrons. The summed E-state index contributed by atoms with van der Waals surface area (Å²) in [6, 6.07) is 6.29. The largest absolute Gasteiger partial charge is 0.465 e. The molecular formula is C13H14INO2. The van der Waals surface area contributed by atoms with Gasteiger partial charge < -0.3 is 9.30 Å². The maximum absolute atomic E-state index is 11.7. The number of carbonyl (C=O) groups excluding carboxylic acids is 1. The van der Waals surface area contributed by atoms with E-state index in [4.69, 9.17) is 4.74 Å². The highest BCUT2D eigenvalue weighted by Gasteiger charge is 2.14. The number of rotatable bonds is 2. The molecule has 0 amide bonds. The Morgan fingerprint density at radius 3 is 2.71 bits per heavy atom. The summed E-state index contributed by atoms with van der Waals surface area (Å²) in [5.74, 6) is -0.282. The van der Waals surface area contributed by atoms with Gasteiger partial charge in [0, 0.05) is 21.2 Å². The Kier molecular flexibility index (Phi) is 3.42. The van der Waals surface area contributed by atoms with Crippen molar-refractivity contribution in [1.82, 2.24) is 4.57 Å². The second-order valence-electron chi connectivity index (χ2n) is 4.19. The first-order chi connectivity index (χ1) is 8.04. The van der Waals surface area contributed by atoms with Crippen molar-refractivity contribution in [3.8, 4) is 0 Å². The van der Waals surface area contributed by atoms with Gasteiger partial charge in [0.25, 0.3) is 0 Å². The van der Waals surface area contributed by atoms with Crippen LogP contribution in [-0.4, -0.2) is 17.6 Å². The first-order valence-electron chi connectivity index (χ1n) is 5.43. The van der Waals surface area contributed by atoms with Gasteiger partial charge in [0.1, 0.15) is 0 Å². The molecule has 0 aliphatic carbocycles. The molecule has 0 unspecified atom stereocenters. The third-order valence-electron chi connectivity index (χ3n) is 2.76. The van der Waals surface area contributed by atoms with Crippen LogP contribution in [0.2, 0.25) is 0 Å². The van der Waals surface area contributed by atoms with Gasteiger partial charge in [0.05, 0.1) is 18.2 Å². The van der Waals surface area contributed by atoms with E-state index < -0.39 is 0 Å². The fraction of sp³-hybridized carbons (Fsp3) is 0.308. The zero-order valence-corrected chi connectivity index (χ0v) is 12.2. The van der Waals surface area contributed by atoms with Crippen LogP contribution in [-0.2, 0) is 4.74 Å². The Balaban J connectivity index is 2.74. The minimum absolute atomic E-state index is 0.282. The quantitative estimate of drug-likeness (QED) is 0.616. The van der Waals surface area contributed by atoms with Crippen LogP contribution in [0.1, 0.15) is 30.2 Å². The predicted octanol–water partition coefficient (Wildman–Crippen LogP) is 3.61. The summed E-state index contributed by atoms with van der Waals surface area (Å²) in [5, 5.41) is 0.950. The molecule has 1 aromatic heterocycles. The van der Waals surface area contributed by atoms with Crippen molar-refractivity contribution in [1.29, 1.82) is 0 Å². The number of carbonyl (C=O) groups is 1. The number of hydrogen-bond acceptors (Lipinski definition) is 2.